The maximum atomic E-state index is 5.89. The SMILES string of the molecule is COc1ccc(Nc2ccc(Cl)cc2N)cc1C. The van der Waals surface area contributed by atoms with Gasteiger partial charge in [0, 0.05) is 10.7 Å². The van der Waals surface area contributed by atoms with Crippen molar-refractivity contribution in [2.24, 2.45) is 0 Å². The Morgan fingerprint density at radius 2 is 1.94 bits per heavy atom. The number of aryl methyl sites for hydroxylation is 1. The molecule has 0 atom stereocenters. The Morgan fingerprint density at radius 3 is 2.56 bits per heavy atom. The average molecular weight is 263 g/mol. The van der Waals surface area contributed by atoms with Crippen molar-refractivity contribution in [2.45, 2.75) is 6.92 Å². The van der Waals surface area contributed by atoms with Crippen molar-refractivity contribution < 1.29 is 4.74 Å². The Morgan fingerprint density at radius 1 is 1.17 bits per heavy atom. The van der Waals surface area contributed by atoms with Crippen LogP contribution in [0.15, 0.2) is 36.4 Å². The van der Waals surface area contributed by atoms with Gasteiger partial charge in [0.05, 0.1) is 18.5 Å². The van der Waals surface area contributed by atoms with Crippen molar-refractivity contribution in [2.75, 3.05) is 18.2 Å². The van der Waals surface area contributed by atoms with E-state index in [0.717, 1.165) is 22.7 Å². The lowest BCUT2D eigenvalue weighted by atomic mass is 10.2. The molecule has 0 aliphatic rings. The van der Waals surface area contributed by atoms with Gasteiger partial charge in [-0.25, -0.2) is 0 Å². The summed E-state index contributed by atoms with van der Waals surface area (Å²) in [5.41, 5.74) is 9.38. The van der Waals surface area contributed by atoms with Crippen LogP contribution in [-0.2, 0) is 0 Å². The minimum atomic E-state index is 0.621. The average Bonchev–Trinajstić information content (AvgIpc) is 2.33. The fourth-order valence-corrected chi connectivity index (χ4v) is 1.94. The Labute approximate surface area is 112 Å². The van der Waals surface area contributed by atoms with E-state index in [1.807, 2.05) is 31.2 Å². The zero-order valence-electron chi connectivity index (χ0n) is 10.3. The number of anilines is 3. The quantitative estimate of drug-likeness (QED) is 0.823. The molecule has 0 saturated carbocycles. The zero-order valence-corrected chi connectivity index (χ0v) is 11.1. The lowest BCUT2D eigenvalue weighted by Gasteiger charge is -2.11. The van der Waals surface area contributed by atoms with E-state index in [4.69, 9.17) is 22.1 Å². The molecule has 94 valence electrons. The highest BCUT2D eigenvalue weighted by Gasteiger charge is 2.03. The molecule has 0 heterocycles. The van der Waals surface area contributed by atoms with Crippen molar-refractivity contribution in [3.05, 3.63) is 47.0 Å². The summed E-state index contributed by atoms with van der Waals surface area (Å²) >= 11 is 5.86. The fourth-order valence-electron chi connectivity index (χ4n) is 1.76. The van der Waals surface area contributed by atoms with Crippen molar-refractivity contribution >= 4 is 28.7 Å². The molecule has 0 fully saturated rings. The molecule has 3 nitrogen and oxygen atoms in total. The van der Waals surface area contributed by atoms with Crippen LogP contribution in [0.3, 0.4) is 0 Å². The smallest absolute Gasteiger partial charge is 0.121 e. The van der Waals surface area contributed by atoms with Crippen molar-refractivity contribution in [3.8, 4) is 5.75 Å². The highest BCUT2D eigenvalue weighted by molar-refractivity contribution is 6.31. The second kappa shape index (κ2) is 5.19. The maximum absolute atomic E-state index is 5.89. The Kier molecular flexibility index (Phi) is 3.63. The minimum Gasteiger partial charge on any atom is -0.496 e. The first-order valence-electron chi connectivity index (χ1n) is 5.57. The lowest BCUT2D eigenvalue weighted by molar-refractivity contribution is 0.412. The summed E-state index contributed by atoms with van der Waals surface area (Å²) in [6, 6.07) is 11.3. The predicted molar refractivity (Wildman–Crippen MR) is 76.9 cm³/mol. The van der Waals surface area contributed by atoms with E-state index in [-0.39, 0.29) is 0 Å². The van der Waals surface area contributed by atoms with Crippen molar-refractivity contribution in [1.29, 1.82) is 0 Å². The van der Waals surface area contributed by atoms with Crippen LogP contribution in [0, 0.1) is 6.92 Å². The normalized spacial score (nSPS) is 10.2. The monoisotopic (exact) mass is 262 g/mol. The van der Waals surface area contributed by atoms with Crippen LogP contribution >= 0.6 is 11.6 Å². The van der Waals surface area contributed by atoms with Gasteiger partial charge in [0.25, 0.3) is 0 Å². The van der Waals surface area contributed by atoms with Crippen LogP contribution in [0.1, 0.15) is 5.56 Å². The van der Waals surface area contributed by atoms with Crippen LogP contribution in [0.5, 0.6) is 5.75 Å². The molecule has 0 aromatic heterocycles. The van der Waals surface area contributed by atoms with Crippen LogP contribution in [0.4, 0.5) is 17.1 Å². The number of nitrogen functional groups attached to an aromatic ring is 1. The van der Waals surface area contributed by atoms with E-state index >= 15 is 0 Å². The van der Waals surface area contributed by atoms with Crippen molar-refractivity contribution in [1.82, 2.24) is 0 Å². The summed E-state index contributed by atoms with van der Waals surface area (Å²) in [5.74, 6) is 0.865. The molecular weight excluding hydrogens is 248 g/mol. The summed E-state index contributed by atoms with van der Waals surface area (Å²) in [7, 11) is 1.66. The first-order chi connectivity index (χ1) is 8.60. The molecule has 0 bridgehead atoms. The van der Waals surface area contributed by atoms with Gasteiger partial charge < -0.3 is 15.8 Å². The Bertz CT molecular complexity index is 570. The van der Waals surface area contributed by atoms with Gasteiger partial charge in [0.1, 0.15) is 5.75 Å². The molecule has 0 saturated heterocycles. The summed E-state index contributed by atoms with van der Waals surface area (Å²) < 4.78 is 5.22. The number of benzene rings is 2. The van der Waals surface area contributed by atoms with Crippen LogP contribution in [-0.4, -0.2) is 7.11 Å². The van der Waals surface area contributed by atoms with Gasteiger partial charge >= 0.3 is 0 Å². The standard InChI is InChI=1S/C14H15ClN2O/c1-9-7-11(4-6-14(9)18-2)17-13-5-3-10(15)8-12(13)16/h3-8,17H,16H2,1-2H3. The molecule has 0 aliphatic heterocycles. The third kappa shape index (κ3) is 2.68. The summed E-state index contributed by atoms with van der Waals surface area (Å²) in [5, 5.41) is 3.88. The van der Waals surface area contributed by atoms with E-state index in [9.17, 15) is 0 Å². The lowest BCUT2D eigenvalue weighted by Crippen LogP contribution is -1.97. The molecule has 4 heteroatoms. The molecule has 18 heavy (non-hydrogen) atoms. The number of halogens is 1. The third-order valence-corrected chi connectivity index (χ3v) is 2.92. The number of ether oxygens (including phenoxy) is 1. The van der Waals surface area contributed by atoms with Gasteiger partial charge in [-0.1, -0.05) is 11.6 Å². The second-order valence-electron chi connectivity index (χ2n) is 4.04. The van der Waals surface area contributed by atoms with Gasteiger partial charge in [-0.2, -0.15) is 0 Å². The van der Waals surface area contributed by atoms with Gasteiger partial charge in [0.2, 0.25) is 0 Å². The molecule has 2 rings (SSSR count). The largest absolute Gasteiger partial charge is 0.496 e. The number of hydrogen-bond donors (Lipinski definition) is 2. The van der Waals surface area contributed by atoms with Crippen LogP contribution in [0.2, 0.25) is 5.02 Å². The number of methoxy groups -OCH3 is 1. The zero-order chi connectivity index (χ0) is 13.1. The third-order valence-electron chi connectivity index (χ3n) is 2.69. The van der Waals surface area contributed by atoms with Crippen LogP contribution < -0.4 is 15.8 Å². The number of hydrogen-bond acceptors (Lipinski definition) is 3. The summed E-state index contributed by atoms with van der Waals surface area (Å²) in [4.78, 5) is 0. The van der Waals surface area contributed by atoms with Gasteiger partial charge in [-0.05, 0) is 48.9 Å². The molecule has 0 spiro atoms. The van der Waals surface area contributed by atoms with Gasteiger partial charge in [0.15, 0.2) is 0 Å². The Hall–Kier alpha value is -1.87. The summed E-state index contributed by atoms with van der Waals surface area (Å²) in [6.45, 7) is 2.00. The molecule has 2 aromatic rings. The Balaban J connectivity index is 2.26. The fraction of sp³-hybridized carbons (Fsp3) is 0.143. The predicted octanol–water partition coefficient (Wildman–Crippen LogP) is 3.98. The van der Waals surface area contributed by atoms with E-state index in [1.54, 1.807) is 19.2 Å². The second-order valence-corrected chi connectivity index (χ2v) is 4.48. The molecule has 0 unspecified atom stereocenters. The topological polar surface area (TPSA) is 47.3 Å². The van der Waals surface area contributed by atoms with E-state index < -0.39 is 0 Å². The molecular formula is C14H15ClN2O. The maximum Gasteiger partial charge on any atom is 0.121 e. The van der Waals surface area contributed by atoms with Gasteiger partial charge in [-0.3, -0.25) is 0 Å². The number of nitrogens with one attached hydrogen (secondary N) is 1. The van der Waals surface area contributed by atoms with Gasteiger partial charge in [-0.15, -0.1) is 0 Å². The first kappa shape index (κ1) is 12.6. The molecule has 3 N–H and O–H groups in total. The summed E-state index contributed by atoms with van der Waals surface area (Å²) in [6.07, 6.45) is 0. The number of rotatable bonds is 3. The van der Waals surface area contributed by atoms with E-state index in [0.29, 0.717) is 10.7 Å². The van der Waals surface area contributed by atoms with E-state index in [1.165, 1.54) is 0 Å². The molecule has 0 amide bonds. The van der Waals surface area contributed by atoms with E-state index in [2.05, 4.69) is 5.32 Å². The molecule has 0 radical (unpaired) electrons. The highest BCUT2D eigenvalue weighted by Crippen LogP contribution is 2.28. The van der Waals surface area contributed by atoms with Crippen molar-refractivity contribution in [3.63, 3.8) is 0 Å². The number of nitrogens with two attached hydrogens (primary N) is 1. The molecule has 0 aliphatic carbocycles. The van der Waals surface area contributed by atoms with Crippen LogP contribution in [0.25, 0.3) is 0 Å². The molecule has 2 aromatic carbocycles. The minimum absolute atomic E-state index is 0.621. The first-order valence-corrected chi connectivity index (χ1v) is 5.94. The highest BCUT2D eigenvalue weighted by atomic mass is 35.5.